The number of carbonyl (C=O) groups is 3. The molecule has 0 unspecified atom stereocenters. The number of anilines is 1. The predicted molar refractivity (Wildman–Crippen MR) is 225 cm³/mol. The van der Waals surface area contributed by atoms with E-state index in [0.29, 0.717) is 41.7 Å². The number of sulfone groups is 1. The lowest BCUT2D eigenvalue weighted by Crippen LogP contribution is -2.44. The van der Waals surface area contributed by atoms with Crippen molar-refractivity contribution in [3.05, 3.63) is 70.4 Å². The van der Waals surface area contributed by atoms with Gasteiger partial charge in [0, 0.05) is 29.4 Å². The van der Waals surface area contributed by atoms with Gasteiger partial charge in [-0.1, -0.05) is 23.7 Å². The van der Waals surface area contributed by atoms with Crippen molar-refractivity contribution in [1.82, 2.24) is 20.1 Å². The number of hydrogen-bond donors (Lipinski definition) is 1. The molecule has 1 N–H and O–H groups in total. The van der Waals surface area contributed by atoms with Crippen LogP contribution in [0.2, 0.25) is 5.02 Å². The molecule has 1 aliphatic rings. The summed E-state index contributed by atoms with van der Waals surface area (Å²) in [5.74, 6) is -3.45. The molecule has 4 aromatic rings. The quantitative estimate of drug-likeness (QED) is 0.169. The van der Waals surface area contributed by atoms with Gasteiger partial charge in [-0.05, 0) is 138 Å². The van der Waals surface area contributed by atoms with Gasteiger partial charge in [0.2, 0.25) is 0 Å². The van der Waals surface area contributed by atoms with Crippen LogP contribution in [0.15, 0.2) is 47.5 Å². The highest BCUT2D eigenvalue weighted by molar-refractivity contribution is 7.90. The number of pyridine rings is 1. The van der Waals surface area contributed by atoms with Crippen molar-refractivity contribution in [3.8, 4) is 11.3 Å². The molecular weight excluding hydrogens is 820 g/mol. The Morgan fingerprint density at radius 1 is 0.883 bits per heavy atom. The third-order valence-corrected chi connectivity index (χ3v) is 11.5. The van der Waals surface area contributed by atoms with E-state index in [1.807, 2.05) is 13.8 Å². The minimum Gasteiger partial charge on any atom is -0.444 e. The normalized spacial score (nSPS) is 16.4. The number of fused-ring (bicyclic) bond motifs is 1. The molecule has 5 rings (SSSR count). The number of nitrogens with one attached hydrogen (secondary N) is 1. The fraction of sp³-hybridized carbons (Fsp3) is 0.512. The molecule has 17 heteroatoms. The van der Waals surface area contributed by atoms with E-state index in [2.05, 4.69) is 10.3 Å². The summed E-state index contributed by atoms with van der Waals surface area (Å²) in [6.07, 6.45) is 1.06. The molecule has 2 aromatic heterocycles. The van der Waals surface area contributed by atoms with E-state index in [-0.39, 0.29) is 44.3 Å². The van der Waals surface area contributed by atoms with E-state index in [1.165, 1.54) is 24.4 Å². The highest BCUT2D eigenvalue weighted by atomic mass is 35.5. The maximum Gasteiger partial charge on any atom is 0.425 e. The Bertz CT molecular complexity index is 2360. The number of hydrogen-bond acceptors (Lipinski definition) is 10. The Kier molecular flexibility index (Phi) is 13.3. The van der Waals surface area contributed by atoms with Gasteiger partial charge in [0.05, 0.1) is 26.6 Å². The number of rotatable bonds is 8. The monoisotopic (exact) mass is 873 g/mol. The number of halogens is 3. The zero-order chi connectivity index (χ0) is 44.7. The van der Waals surface area contributed by atoms with Crippen LogP contribution in [0.25, 0.3) is 22.2 Å². The average Bonchev–Trinajstić information content (AvgIpc) is 3.49. The van der Waals surface area contributed by atoms with E-state index in [9.17, 15) is 22.8 Å². The second kappa shape index (κ2) is 17.3. The number of aromatic nitrogens is 3. The van der Waals surface area contributed by atoms with Crippen LogP contribution in [0.1, 0.15) is 125 Å². The van der Waals surface area contributed by atoms with E-state index < -0.39 is 73.9 Å². The van der Waals surface area contributed by atoms with E-state index in [0.717, 1.165) is 12.1 Å². The zero-order valence-electron chi connectivity index (χ0n) is 35.9. The van der Waals surface area contributed by atoms with Crippen LogP contribution in [-0.4, -0.2) is 64.3 Å². The molecule has 0 aliphatic heterocycles. The van der Waals surface area contributed by atoms with E-state index >= 15 is 8.78 Å². The van der Waals surface area contributed by atoms with Gasteiger partial charge in [-0.25, -0.2) is 36.6 Å². The van der Waals surface area contributed by atoms with Crippen molar-refractivity contribution < 1.29 is 45.8 Å². The molecule has 60 heavy (non-hydrogen) atoms. The van der Waals surface area contributed by atoms with Gasteiger partial charge in [0.1, 0.15) is 34.1 Å². The second-order valence-electron chi connectivity index (χ2n) is 18.3. The van der Waals surface area contributed by atoms with Crippen LogP contribution in [0.4, 0.5) is 29.0 Å². The molecule has 2 aromatic carbocycles. The Labute approximate surface area is 355 Å². The van der Waals surface area contributed by atoms with Crippen molar-refractivity contribution in [3.63, 3.8) is 0 Å². The van der Waals surface area contributed by atoms with E-state index in [4.69, 9.17) is 30.9 Å². The summed E-state index contributed by atoms with van der Waals surface area (Å²) < 4.78 is 77.9. The number of carbonyl (C=O) groups excluding carboxylic acids is 3. The Hall–Kier alpha value is -4.83. The first-order valence-corrected chi connectivity index (χ1v) is 21.8. The summed E-state index contributed by atoms with van der Waals surface area (Å²) in [4.78, 5) is 45.8. The third-order valence-electron chi connectivity index (χ3n) is 9.38. The number of imide groups is 1. The predicted octanol–water partition coefficient (Wildman–Crippen LogP) is 10.8. The largest absolute Gasteiger partial charge is 0.444 e. The van der Waals surface area contributed by atoms with Crippen molar-refractivity contribution in [1.29, 1.82) is 0 Å². The van der Waals surface area contributed by atoms with Crippen molar-refractivity contribution in [2.24, 2.45) is 0 Å². The Balaban J connectivity index is 1.72. The highest BCUT2D eigenvalue weighted by Crippen LogP contribution is 2.44. The molecule has 13 nitrogen and oxygen atoms in total. The van der Waals surface area contributed by atoms with Crippen molar-refractivity contribution >= 4 is 56.4 Å². The molecule has 1 saturated carbocycles. The number of nitrogens with zero attached hydrogens (tertiary/aromatic N) is 4. The molecule has 1 fully saturated rings. The standard InChI is InChI=1S/C43H54ClF2N5O8S/c1-24(2)51-36-29(25-16-18-27(19-17-25)48-38(52)57-41(3,4)5)22-47-37(50(39(53)58-42(6,7)8)40(54)59-43(9,10)11)34(36)35(49-51)28-21-31(45)26(20-32(28)46)23-60(55,56)33-15-13-12-14-30(33)44/h12-15,20-22,24-25,27H,16-19,23H2,1-11H3,(H,48,52). The molecule has 1 aliphatic carbocycles. The molecule has 2 heterocycles. The van der Waals surface area contributed by atoms with Gasteiger partial charge < -0.3 is 19.5 Å². The molecular formula is C43H54ClF2N5O8S. The SMILES string of the molecule is CC(C)n1nc(-c2cc(F)c(CS(=O)(=O)c3ccccc3Cl)cc2F)c2c(N(C(=O)OC(C)(C)C)C(=O)OC(C)(C)C)ncc(C3CCC(NC(=O)OC(C)(C)C)CC3)c21. The fourth-order valence-electron chi connectivity index (χ4n) is 6.95. The summed E-state index contributed by atoms with van der Waals surface area (Å²) in [6.45, 7) is 18.7. The fourth-order valence-corrected chi connectivity index (χ4v) is 8.88. The molecule has 0 atom stereocenters. The van der Waals surface area contributed by atoms with Gasteiger partial charge in [0.15, 0.2) is 15.7 Å². The van der Waals surface area contributed by atoms with Crippen LogP contribution in [0.5, 0.6) is 0 Å². The molecule has 0 radical (unpaired) electrons. The number of benzene rings is 2. The van der Waals surface area contributed by atoms with Gasteiger partial charge >= 0.3 is 18.3 Å². The van der Waals surface area contributed by atoms with Crippen molar-refractivity contribution in [2.75, 3.05) is 4.90 Å². The van der Waals surface area contributed by atoms with Gasteiger partial charge in [-0.15, -0.1) is 0 Å². The van der Waals surface area contributed by atoms with Crippen molar-refractivity contribution in [2.45, 2.75) is 147 Å². The highest BCUT2D eigenvalue weighted by Gasteiger charge is 2.39. The number of amides is 3. The first kappa shape index (κ1) is 46.2. The van der Waals surface area contributed by atoms with Gasteiger partial charge in [-0.2, -0.15) is 10.00 Å². The first-order chi connectivity index (χ1) is 27.7. The zero-order valence-corrected chi connectivity index (χ0v) is 37.5. The summed E-state index contributed by atoms with van der Waals surface area (Å²) >= 11 is 6.15. The smallest absolute Gasteiger partial charge is 0.425 e. The minimum atomic E-state index is -4.21. The average molecular weight is 874 g/mol. The summed E-state index contributed by atoms with van der Waals surface area (Å²) in [5.41, 5.74) is -2.78. The lowest BCUT2D eigenvalue weighted by Gasteiger charge is -2.31. The summed E-state index contributed by atoms with van der Waals surface area (Å²) in [6, 6.07) is 6.74. The number of alkyl carbamates (subject to hydrolysis) is 1. The van der Waals surface area contributed by atoms with Crippen LogP contribution in [0, 0.1) is 11.6 Å². The van der Waals surface area contributed by atoms with E-state index in [1.54, 1.807) is 73.1 Å². The molecule has 0 bridgehead atoms. The van der Waals surface area contributed by atoms with Crippen LogP contribution >= 0.6 is 11.6 Å². The first-order valence-electron chi connectivity index (χ1n) is 19.8. The van der Waals surface area contributed by atoms with Gasteiger partial charge in [0.25, 0.3) is 0 Å². The lowest BCUT2D eigenvalue weighted by atomic mass is 9.81. The Morgan fingerprint density at radius 2 is 1.45 bits per heavy atom. The molecule has 0 saturated heterocycles. The third kappa shape index (κ3) is 10.9. The summed E-state index contributed by atoms with van der Waals surface area (Å²) in [7, 11) is -4.21. The topological polar surface area (TPSA) is 159 Å². The van der Waals surface area contributed by atoms with Gasteiger partial charge in [-0.3, -0.25) is 4.68 Å². The number of ether oxygens (including phenoxy) is 3. The molecule has 0 spiro atoms. The summed E-state index contributed by atoms with van der Waals surface area (Å²) in [5, 5.41) is 7.72. The Morgan fingerprint density at radius 3 is 1.98 bits per heavy atom. The van der Waals surface area contributed by atoms with Crippen LogP contribution in [-0.2, 0) is 29.8 Å². The van der Waals surface area contributed by atoms with Crippen LogP contribution < -0.4 is 10.2 Å². The molecule has 326 valence electrons. The maximum atomic E-state index is 16.6. The minimum absolute atomic E-state index is 0.0293. The maximum absolute atomic E-state index is 16.6. The lowest BCUT2D eigenvalue weighted by molar-refractivity contribution is 0.0425. The second-order valence-corrected chi connectivity index (χ2v) is 20.6. The molecule has 3 amide bonds. The van der Waals surface area contributed by atoms with Crippen LogP contribution in [0.3, 0.4) is 0 Å².